The van der Waals surface area contributed by atoms with Crippen molar-refractivity contribution in [2.24, 2.45) is 5.41 Å². The Kier molecular flexibility index (Phi) is 4.54. The van der Waals surface area contributed by atoms with Crippen LogP contribution in [0.15, 0.2) is 36.5 Å². The fourth-order valence-electron chi connectivity index (χ4n) is 1.85. The monoisotopic (exact) mass is 319 g/mol. The molecule has 0 aliphatic rings. The number of hydrogen-bond donors (Lipinski definition) is 0. The van der Waals surface area contributed by atoms with E-state index in [-0.39, 0.29) is 5.56 Å². The summed E-state index contributed by atoms with van der Waals surface area (Å²) in [4.78, 5) is 28.7. The molecule has 0 saturated carbocycles. The lowest BCUT2D eigenvalue weighted by Crippen LogP contribution is -2.31. The summed E-state index contributed by atoms with van der Waals surface area (Å²) in [5.41, 5.74) is 0.155. The van der Waals surface area contributed by atoms with E-state index in [9.17, 15) is 14.0 Å². The van der Waals surface area contributed by atoms with Crippen LogP contribution in [0.1, 0.15) is 31.1 Å². The summed E-state index contributed by atoms with van der Waals surface area (Å²) in [6, 6.07) is 7.45. The third-order valence-corrected chi connectivity index (χ3v) is 3.18. The molecule has 0 spiro atoms. The lowest BCUT2D eigenvalue weighted by atomic mass is 9.98. The number of rotatable bonds is 3. The third-order valence-electron chi connectivity index (χ3n) is 3.18. The second kappa shape index (κ2) is 6.24. The molecule has 1 heterocycles. The SMILES string of the molecule is COC(=O)c1ccc(-c2cccn2OC(=O)C(C)(C)C)cc1F. The van der Waals surface area contributed by atoms with Crippen molar-refractivity contribution in [3.8, 4) is 11.3 Å². The van der Waals surface area contributed by atoms with E-state index in [0.717, 1.165) is 0 Å². The first kappa shape index (κ1) is 16.7. The molecule has 6 heteroatoms. The molecule has 0 unspecified atom stereocenters. The predicted molar refractivity (Wildman–Crippen MR) is 82.2 cm³/mol. The van der Waals surface area contributed by atoms with Gasteiger partial charge in [0.25, 0.3) is 0 Å². The smallest absolute Gasteiger partial charge is 0.340 e. The molecule has 0 atom stereocenters. The maximum absolute atomic E-state index is 14.0. The highest BCUT2D eigenvalue weighted by Crippen LogP contribution is 2.23. The molecule has 0 saturated heterocycles. The van der Waals surface area contributed by atoms with Crippen LogP contribution in [0, 0.1) is 11.2 Å². The minimum absolute atomic E-state index is 0.152. The van der Waals surface area contributed by atoms with Crippen molar-refractivity contribution in [2.45, 2.75) is 20.8 Å². The van der Waals surface area contributed by atoms with E-state index in [1.807, 2.05) is 0 Å². The second-order valence-electron chi connectivity index (χ2n) is 6.03. The van der Waals surface area contributed by atoms with Crippen LogP contribution in [0.25, 0.3) is 11.3 Å². The zero-order valence-corrected chi connectivity index (χ0v) is 13.4. The number of methoxy groups -OCH3 is 1. The van der Waals surface area contributed by atoms with Crippen molar-refractivity contribution in [1.29, 1.82) is 0 Å². The standard InChI is InChI=1S/C17H18FNO4/c1-17(2,3)16(21)23-19-9-5-6-14(19)11-7-8-12(13(18)10-11)15(20)22-4/h5-10H,1-4H3. The van der Waals surface area contributed by atoms with Crippen LogP contribution in [-0.4, -0.2) is 23.8 Å². The largest absolute Gasteiger partial charge is 0.465 e. The molecule has 122 valence electrons. The van der Waals surface area contributed by atoms with Crippen molar-refractivity contribution in [2.75, 3.05) is 7.11 Å². The molecule has 0 bridgehead atoms. The van der Waals surface area contributed by atoms with E-state index in [1.54, 1.807) is 45.2 Å². The van der Waals surface area contributed by atoms with Crippen molar-refractivity contribution < 1.29 is 23.6 Å². The van der Waals surface area contributed by atoms with Gasteiger partial charge in [0, 0.05) is 11.8 Å². The first-order chi connectivity index (χ1) is 10.7. The van der Waals surface area contributed by atoms with E-state index in [4.69, 9.17) is 4.84 Å². The normalized spacial score (nSPS) is 11.2. The minimum Gasteiger partial charge on any atom is -0.465 e. The van der Waals surface area contributed by atoms with Crippen LogP contribution in [0.2, 0.25) is 0 Å². The van der Waals surface area contributed by atoms with Gasteiger partial charge in [0.2, 0.25) is 0 Å². The van der Waals surface area contributed by atoms with E-state index < -0.39 is 23.2 Å². The zero-order valence-electron chi connectivity index (χ0n) is 13.4. The maximum Gasteiger partial charge on any atom is 0.340 e. The molecule has 5 nitrogen and oxygen atoms in total. The Morgan fingerprint density at radius 1 is 1.17 bits per heavy atom. The van der Waals surface area contributed by atoms with Gasteiger partial charge in [-0.1, -0.05) is 6.07 Å². The molecule has 0 radical (unpaired) electrons. The summed E-state index contributed by atoms with van der Waals surface area (Å²) in [5.74, 6) is -1.87. The van der Waals surface area contributed by atoms with Crippen LogP contribution in [-0.2, 0) is 9.53 Å². The van der Waals surface area contributed by atoms with Gasteiger partial charge in [0.15, 0.2) is 0 Å². The highest BCUT2D eigenvalue weighted by molar-refractivity contribution is 5.90. The number of nitrogens with zero attached hydrogens (tertiary/aromatic N) is 1. The van der Waals surface area contributed by atoms with Gasteiger partial charge in [0.1, 0.15) is 5.82 Å². The number of carbonyl (C=O) groups excluding carboxylic acids is 2. The molecule has 1 aromatic carbocycles. The molecular weight excluding hydrogens is 301 g/mol. The topological polar surface area (TPSA) is 57.5 Å². The fraction of sp³-hybridized carbons (Fsp3) is 0.294. The van der Waals surface area contributed by atoms with Crippen LogP contribution in [0.3, 0.4) is 0 Å². The van der Waals surface area contributed by atoms with Gasteiger partial charge >= 0.3 is 11.9 Å². The highest BCUT2D eigenvalue weighted by Gasteiger charge is 2.25. The first-order valence-electron chi connectivity index (χ1n) is 7.02. The Labute approximate surface area is 133 Å². The molecule has 0 N–H and O–H groups in total. The molecule has 0 fully saturated rings. The predicted octanol–water partition coefficient (Wildman–Crippen LogP) is 3.08. The Balaban J connectivity index is 2.34. The van der Waals surface area contributed by atoms with Crippen molar-refractivity contribution in [3.05, 3.63) is 47.9 Å². The minimum atomic E-state index is -0.747. The van der Waals surface area contributed by atoms with Gasteiger partial charge in [-0.2, -0.15) is 4.73 Å². The molecule has 0 aliphatic heterocycles. The number of esters is 1. The number of benzene rings is 1. The molecule has 23 heavy (non-hydrogen) atoms. The third kappa shape index (κ3) is 3.59. The molecule has 0 amide bonds. The van der Waals surface area contributed by atoms with Crippen LogP contribution in [0.4, 0.5) is 4.39 Å². The number of hydrogen-bond acceptors (Lipinski definition) is 4. The van der Waals surface area contributed by atoms with Gasteiger partial charge in [-0.3, -0.25) is 0 Å². The lowest BCUT2D eigenvalue weighted by molar-refractivity contribution is -0.153. The lowest BCUT2D eigenvalue weighted by Gasteiger charge is -2.17. The number of carbonyl (C=O) groups is 2. The Hall–Kier alpha value is -2.63. The summed E-state index contributed by atoms with van der Waals surface area (Å²) in [6.07, 6.45) is 1.56. The Bertz CT molecular complexity index is 743. The zero-order chi connectivity index (χ0) is 17.2. The van der Waals surface area contributed by atoms with E-state index in [0.29, 0.717) is 11.3 Å². The molecule has 0 aliphatic carbocycles. The summed E-state index contributed by atoms with van der Waals surface area (Å²) < 4.78 is 19.8. The van der Waals surface area contributed by atoms with Gasteiger partial charge in [-0.15, -0.1) is 0 Å². The summed E-state index contributed by atoms with van der Waals surface area (Å²) in [7, 11) is 1.19. The summed E-state index contributed by atoms with van der Waals surface area (Å²) >= 11 is 0. The fourth-order valence-corrected chi connectivity index (χ4v) is 1.85. The van der Waals surface area contributed by atoms with Crippen LogP contribution < -0.4 is 4.84 Å². The second-order valence-corrected chi connectivity index (χ2v) is 6.03. The quantitative estimate of drug-likeness (QED) is 0.816. The number of halogens is 1. The molecule has 2 rings (SSSR count). The molecular formula is C17H18FNO4. The van der Waals surface area contributed by atoms with Gasteiger partial charge in [0.05, 0.1) is 23.8 Å². The van der Waals surface area contributed by atoms with Crippen molar-refractivity contribution >= 4 is 11.9 Å². The van der Waals surface area contributed by atoms with Crippen molar-refractivity contribution in [1.82, 2.24) is 4.73 Å². The van der Waals surface area contributed by atoms with E-state index >= 15 is 0 Å². The summed E-state index contributed by atoms with van der Waals surface area (Å²) in [5, 5.41) is 0. The first-order valence-corrected chi connectivity index (χ1v) is 7.02. The Morgan fingerprint density at radius 2 is 1.87 bits per heavy atom. The Morgan fingerprint density at radius 3 is 2.43 bits per heavy atom. The van der Waals surface area contributed by atoms with Gasteiger partial charge in [-0.05, 0) is 45.0 Å². The highest BCUT2D eigenvalue weighted by atomic mass is 19.1. The van der Waals surface area contributed by atoms with Gasteiger partial charge in [-0.25, -0.2) is 14.0 Å². The average Bonchev–Trinajstić information content (AvgIpc) is 2.93. The average molecular weight is 319 g/mol. The van der Waals surface area contributed by atoms with Crippen LogP contribution >= 0.6 is 0 Å². The van der Waals surface area contributed by atoms with E-state index in [1.165, 1.54) is 24.0 Å². The van der Waals surface area contributed by atoms with Gasteiger partial charge < -0.3 is 9.57 Å². The van der Waals surface area contributed by atoms with E-state index in [2.05, 4.69) is 4.74 Å². The number of aromatic nitrogens is 1. The maximum atomic E-state index is 14.0. The molecule has 2 aromatic rings. The number of ether oxygens (including phenoxy) is 1. The van der Waals surface area contributed by atoms with Crippen LogP contribution in [0.5, 0.6) is 0 Å². The molecule has 1 aromatic heterocycles. The summed E-state index contributed by atoms with van der Waals surface area (Å²) in [6.45, 7) is 5.22. The van der Waals surface area contributed by atoms with Crippen molar-refractivity contribution in [3.63, 3.8) is 0 Å².